The number of rotatable bonds is 2. The van der Waals surface area contributed by atoms with E-state index in [1.807, 2.05) is 0 Å². The van der Waals surface area contributed by atoms with Crippen molar-refractivity contribution in [2.45, 2.75) is 59.4 Å². The van der Waals surface area contributed by atoms with Crippen LogP contribution in [0.5, 0.6) is 0 Å². The summed E-state index contributed by atoms with van der Waals surface area (Å²) in [5.41, 5.74) is 0.331. The molecule has 0 spiro atoms. The molecule has 1 aliphatic rings. The highest BCUT2D eigenvalue weighted by atomic mass is 16.2. The normalized spacial score (nSPS) is 28.3. The average Bonchev–Trinajstić information content (AvgIpc) is 2.29. The van der Waals surface area contributed by atoms with Gasteiger partial charge < -0.3 is 5.32 Å². The van der Waals surface area contributed by atoms with E-state index in [4.69, 9.17) is 0 Å². The molecule has 1 aliphatic heterocycles. The SMILES string of the molecule is CC(C)C1(CC(C)(C)C)CCC(=O)N1. The van der Waals surface area contributed by atoms with Crippen molar-refractivity contribution in [3.8, 4) is 0 Å². The van der Waals surface area contributed by atoms with Crippen molar-refractivity contribution < 1.29 is 4.79 Å². The monoisotopic (exact) mass is 197 g/mol. The van der Waals surface area contributed by atoms with Gasteiger partial charge in [-0.1, -0.05) is 34.6 Å². The van der Waals surface area contributed by atoms with Crippen molar-refractivity contribution in [3.05, 3.63) is 0 Å². The molecular formula is C12H23NO. The van der Waals surface area contributed by atoms with Gasteiger partial charge in [0.15, 0.2) is 0 Å². The van der Waals surface area contributed by atoms with Crippen LogP contribution < -0.4 is 5.32 Å². The van der Waals surface area contributed by atoms with E-state index in [1.165, 1.54) is 0 Å². The summed E-state index contributed by atoms with van der Waals surface area (Å²) in [7, 11) is 0. The molecule has 1 rings (SSSR count). The third-order valence-corrected chi connectivity index (χ3v) is 3.14. The molecule has 0 aliphatic carbocycles. The van der Waals surface area contributed by atoms with E-state index in [2.05, 4.69) is 39.9 Å². The second-order valence-electron chi connectivity index (χ2n) is 6.10. The highest BCUT2D eigenvalue weighted by Gasteiger charge is 2.42. The van der Waals surface area contributed by atoms with Crippen LogP contribution in [0.25, 0.3) is 0 Å². The minimum atomic E-state index is 0.0509. The zero-order valence-corrected chi connectivity index (χ0v) is 10.1. The van der Waals surface area contributed by atoms with Gasteiger partial charge in [0.05, 0.1) is 0 Å². The van der Waals surface area contributed by atoms with Crippen LogP contribution in [-0.2, 0) is 4.79 Å². The van der Waals surface area contributed by atoms with E-state index in [9.17, 15) is 4.79 Å². The van der Waals surface area contributed by atoms with E-state index in [0.717, 1.165) is 12.8 Å². The first kappa shape index (κ1) is 11.5. The van der Waals surface area contributed by atoms with Crippen molar-refractivity contribution in [2.75, 3.05) is 0 Å². The molecule has 1 fully saturated rings. The molecule has 1 heterocycles. The second-order valence-corrected chi connectivity index (χ2v) is 6.10. The van der Waals surface area contributed by atoms with Crippen molar-refractivity contribution in [1.29, 1.82) is 0 Å². The molecule has 14 heavy (non-hydrogen) atoms. The Labute approximate surface area is 87.5 Å². The van der Waals surface area contributed by atoms with Crippen molar-refractivity contribution in [1.82, 2.24) is 5.32 Å². The van der Waals surface area contributed by atoms with E-state index < -0.39 is 0 Å². The molecule has 0 radical (unpaired) electrons. The Morgan fingerprint density at radius 2 is 2.00 bits per heavy atom. The lowest BCUT2D eigenvalue weighted by atomic mass is 9.73. The van der Waals surface area contributed by atoms with Gasteiger partial charge in [0.25, 0.3) is 0 Å². The Kier molecular flexibility index (Phi) is 2.93. The largest absolute Gasteiger partial charge is 0.350 e. The standard InChI is InChI=1S/C12H23NO/c1-9(2)12(8-11(3,4)5)7-6-10(14)13-12/h9H,6-8H2,1-5H3,(H,13,14). The Morgan fingerprint density at radius 3 is 2.29 bits per heavy atom. The van der Waals surface area contributed by atoms with Crippen LogP contribution in [0.1, 0.15) is 53.9 Å². The summed E-state index contributed by atoms with van der Waals surface area (Å²) in [4.78, 5) is 11.3. The fourth-order valence-electron chi connectivity index (χ4n) is 2.46. The van der Waals surface area contributed by atoms with Gasteiger partial charge in [-0.2, -0.15) is 0 Å². The van der Waals surface area contributed by atoms with Crippen LogP contribution in [0, 0.1) is 11.3 Å². The third kappa shape index (κ3) is 2.49. The molecule has 0 aromatic heterocycles. The van der Waals surface area contributed by atoms with Gasteiger partial charge in [-0.3, -0.25) is 4.79 Å². The molecule has 0 aromatic rings. The lowest BCUT2D eigenvalue weighted by Gasteiger charge is -2.39. The predicted molar refractivity (Wildman–Crippen MR) is 59.0 cm³/mol. The smallest absolute Gasteiger partial charge is 0.220 e. The molecule has 1 amide bonds. The molecular weight excluding hydrogens is 174 g/mol. The zero-order valence-electron chi connectivity index (χ0n) is 10.1. The first-order chi connectivity index (χ1) is 6.25. The number of amides is 1. The van der Waals surface area contributed by atoms with E-state index >= 15 is 0 Å². The molecule has 1 saturated heterocycles. The molecule has 1 unspecified atom stereocenters. The fourth-order valence-corrected chi connectivity index (χ4v) is 2.46. The molecule has 0 bridgehead atoms. The van der Waals surface area contributed by atoms with Gasteiger partial charge in [-0.15, -0.1) is 0 Å². The number of nitrogens with one attached hydrogen (secondary N) is 1. The Hall–Kier alpha value is -0.530. The van der Waals surface area contributed by atoms with E-state index in [-0.39, 0.29) is 16.9 Å². The maximum Gasteiger partial charge on any atom is 0.220 e. The van der Waals surface area contributed by atoms with Gasteiger partial charge in [0.1, 0.15) is 0 Å². The van der Waals surface area contributed by atoms with E-state index in [0.29, 0.717) is 12.3 Å². The molecule has 82 valence electrons. The summed E-state index contributed by atoms with van der Waals surface area (Å²) in [6, 6.07) is 0. The molecule has 1 N–H and O–H groups in total. The fraction of sp³-hybridized carbons (Fsp3) is 0.917. The van der Waals surface area contributed by atoms with Gasteiger partial charge in [0, 0.05) is 12.0 Å². The molecule has 0 aromatic carbocycles. The van der Waals surface area contributed by atoms with Gasteiger partial charge in [0.2, 0.25) is 5.91 Å². The number of carbonyl (C=O) groups excluding carboxylic acids is 1. The van der Waals surface area contributed by atoms with Gasteiger partial charge >= 0.3 is 0 Å². The minimum Gasteiger partial charge on any atom is -0.350 e. The summed E-state index contributed by atoms with van der Waals surface area (Å²) >= 11 is 0. The van der Waals surface area contributed by atoms with Gasteiger partial charge in [-0.05, 0) is 24.2 Å². The third-order valence-electron chi connectivity index (χ3n) is 3.14. The summed E-state index contributed by atoms with van der Waals surface area (Å²) in [6.45, 7) is 11.1. The summed E-state index contributed by atoms with van der Waals surface area (Å²) < 4.78 is 0. The highest BCUT2D eigenvalue weighted by Crippen LogP contribution is 2.38. The Morgan fingerprint density at radius 1 is 1.43 bits per heavy atom. The summed E-state index contributed by atoms with van der Waals surface area (Å²) in [5, 5.41) is 3.18. The maximum absolute atomic E-state index is 11.3. The lowest BCUT2D eigenvalue weighted by molar-refractivity contribution is -0.120. The summed E-state index contributed by atoms with van der Waals surface area (Å²) in [6.07, 6.45) is 2.78. The van der Waals surface area contributed by atoms with Crippen LogP contribution in [-0.4, -0.2) is 11.4 Å². The number of carbonyl (C=O) groups is 1. The topological polar surface area (TPSA) is 29.1 Å². The molecule has 0 saturated carbocycles. The zero-order chi connectivity index (χ0) is 11.0. The minimum absolute atomic E-state index is 0.0509. The van der Waals surface area contributed by atoms with Crippen molar-refractivity contribution in [2.24, 2.45) is 11.3 Å². The van der Waals surface area contributed by atoms with Crippen LogP contribution >= 0.6 is 0 Å². The predicted octanol–water partition coefficient (Wildman–Crippen LogP) is 2.73. The summed E-state index contributed by atoms with van der Waals surface area (Å²) in [5.74, 6) is 0.746. The Bertz CT molecular complexity index is 227. The van der Waals surface area contributed by atoms with Crippen LogP contribution in [0.3, 0.4) is 0 Å². The quantitative estimate of drug-likeness (QED) is 0.724. The molecule has 1 atom stereocenters. The van der Waals surface area contributed by atoms with Crippen LogP contribution in [0.4, 0.5) is 0 Å². The molecule has 2 heteroatoms. The van der Waals surface area contributed by atoms with Crippen molar-refractivity contribution >= 4 is 5.91 Å². The van der Waals surface area contributed by atoms with Crippen LogP contribution in [0.15, 0.2) is 0 Å². The second kappa shape index (κ2) is 3.56. The van der Waals surface area contributed by atoms with Crippen molar-refractivity contribution in [3.63, 3.8) is 0 Å². The first-order valence-electron chi connectivity index (χ1n) is 5.56. The number of hydrogen-bond acceptors (Lipinski definition) is 1. The first-order valence-corrected chi connectivity index (χ1v) is 5.56. The Balaban J connectivity index is 2.79. The van der Waals surface area contributed by atoms with Gasteiger partial charge in [-0.25, -0.2) is 0 Å². The number of hydrogen-bond donors (Lipinski definition) is 1. The molecule has 2 nitrogen and oxygen atoms in total. The average molecular weight is 197 g/mol. The lowest BCUT2D eigenvalue weighted by Crippen LogP contribution is -2.48. The maximum atomic E-state index is 11.3. The van der Waals surface area contributed by atoms with E-state index in [1.54, 1.807) is 0 Å². The highest BCUT2D eigenvalue weighted by molar-refractivity contribution is 5.79. The van der Waals surface area contributed by atoms with Crippen LogP contribution in [0.2, 0.25) is 0 Å².